The van der Waals surface area contributed by atoms with Crippen LogP contribution in [0.1, 0.15) is 50.2 Å². The van der Waals surface area contributed by atoms with E-state index in [4.69, 9.17) is 9.47 Å². The highest BCUT2D eigenvalue weighted by molar-refractivity contribution is 7.12. The molecule has 3 aromatic heterocycles. The van der Waals surface area contributed by atoms with E-state index < -0.39 is 17.7 Å². The van der Waals surface area contributed by atoms with Crippen LogP contribution in [-0.4, -0.2) is 93.7 Å². The molecule has 4 unspecified atom stereocenters. The number of hydrogen-bond acceptors (Lipinski definition) is 11. The second kappa shape index (κ2) is 14.1. The Morgan fingerprint density at radius 3 is 2.32 bits per heavy atom. The maximum atomic E-state index is 13.6. The fraction of sp³-hybridized carbons (Fsp3) is 0.359. The Hall–Kier alpha value is -4.41. The number of benzene rings is 2. The number of morpholine rings is 1. The van der Waals surface area contributed by atoms with Crippen LogP contribution in [0.15, 0.2) is 88.4 Å². The smallest absolute Gasteiger partial charge is 0.349 e. The van der Waals surface area contributed by atoms with Crippen LogP contribution < -0.4 is 16.2 Å². The predicted molar refractivity (Wildman–Crippen MR) is 200 cm³/mol. The molecule has 8 rings (SSSR count). The molecular weight excluding hydrogens is 717 g/mol. The average molecular weight is 758 g/mol. The lowest BCUT2D eigenvalue weighted by Crippen LogP contribution is -2.64. The first kappa shape index (κ1) is 35.6. The number of aromatic amines is 1. The van der Waals surface area contributed by atoms with Crippen molar-refractivity contribution in [1.29, 1.82) is 0 Å². The summed E-state index contributed by atoms with van der Waals surface area (Å²) in [6.45, 7) is 1.89. The van der Waals surface area contributed by atoms with Crippen molar-refractivity contribution in [2.75, 3.05) is 26.7 Å². The van der Waals surface area contributed by atoms with Gasteiger partial charge in [0.1, 0.15) is 36.1 Å². The molecule has 0 radical (unpaired) electrons. The van der Waals surface area contributed by atoms with Gasteiger partial charge in [-0.1, -0.05) is 30.3 Å². The van der Waals surface area contributed by atoms with Gasteiger partial charge in [-0.15, -0.1) is 22.7 Å². The fourth-order valence-corrected chi connectivity index (χ4v) is 10.0. The number of thiophene rings is 2. The van der Waals surface area contributed by atoms with Crippen LogP contribution in [0.25, 0.3) is 10.9 Å². The number of carbonyl (C=O) groups is 2. The summed E-state index contributed by atoms with van der Waals surface area (Å²) in [5, 5.41) is 43.2. The summed E-state index contributed by atoms with van der Waals surface area (Å²) in [7, 11) is 2.20. The molecule has 53 heavy (non-hydrogen) atoms. The van der Waals surface area contributed by atoms with Crippen LogP contribution in [0.4, 0.5) is 0 Å². The zero-order valence-corrected chi connectivity index (χ0v) is 30.6. The number of pyridine rings is 1. The van der Waals surface area contributed by atoms with Crippen LogP contribution in [-0.2, 0) is 26.4 Å². The molecule has 3 fully saturated rings. The van der Waals surface area contributed by atoms with Crippen molar-refractivity contribution in [2.24, 2.45) is 0 Å². The van der Waals surface area contributed by atoms with Crippen molar-refractivity contribution in [3.05, 3.63) is 120 Å². The molecule has 0 aliphatic carbocycles. The fourth-order valence-electron chi connectivity index (χ4n) is 8.31. The number of carbonyl (C=O) groups excluding carboxylic acids is 2. The van der Waals surface area contributed by atoms with Gasteiger partial charge in [0.2, 0.25) is 11.2 Å². The largest absolute Gasteiger partial charge is 0.506 e. The molecule has 1 amide bonds. The summed E-state index contributed by atoms with van der Waals surface area (Å²) in [5.41, 5.74) is 0.181. The number of hydrogen-bond donors (Lipinski definition) is 6. The molecule has 2 aromatic carbocycles. The first-order valence-electron chi connectivity index (χ1n) is 17.7. The van der Waals surface area contributed by atoms with Crippen LogP contribution in [0.5, 0.6) is 5.75 Å². The minimum absolute atomic E-state index is 0.0601. The number of aliphatic hydroxyl groups is 2. The Morgan fingerprint density at radius 2 is 1.68 bits per heavy atom. The zero-order valence-electron chi connectivity index (χ0n) is 28.9. The van der Waals surface area contributed by atoms with Gasteiger partial charge >= 0.3 is 5.97 Å². The number of aliphatic hydroxyl groups excluding tert-OH is 1. The van der Waals surface area contributed by atoms with Gasteiger partial charge in [-0.05, 0) is 58.3 Å². The van der Waals surface area contributed by atoms with Gasteiger partial charge in [0, 0.05) is 42.9 Å². The summed E-state index contributed by atoms with van der Waals surface area (Å²) in [6, 6.07) is 20.7. The van der Waals surface area contributed by atoms with Crippen molar-refractivity contribution in [1.82, 2.24) is 15.6 Å². The molecular formula is C39H41N4O8S2+. The summed E-state index contributed by atoms with van der Waals surface area (Å²) < 4.78 is 12.8. The zero-order chi connectivity index (χ0) is 36.9. The molecule has 6 heterocycles. The number of phenols is 1. The first-order valence-corrected chi connectivity index (χ1v) is 19.4. The topological polar surface area (TPSA) is 174 Å². The number of quaternary nitrogens is 1. The number of H-pyrrole nitrogens is 1. The third-order valence-corrected chi connectivity index (χ3v) is 13.2. The van der Waals surface area contributed by atoms with Gasteiger partial charge in [-0.25, -0.2) is 4.79 Å². The number of phenolic OH excluding ortho intramolecular Hbond substituents is 1. The average Bonchev–Trinajstić information content (AvgIpc) is 3.44. The van der Waals surface area contributed by atoms with Crippen molar-refractivity contribution in [3.63, 3.8) is 0 Å². The quantitative estimate of drug-likeness (QED) is 0.0597. The monoisotopic (exact) mass is 757 g/mol. The number of rotatable bonds is 13. The second-order valence-electron chi connectivity index (χ2n) is 14.3. The van der Waals surface area contributed by atoms with E-state index in [1.807, 2.05) is 35.0 Å². The molecule has 3 aliphatic rings. The minimum atomic E-state index is -1.84. The standard InChI is InChI=1S/C39H40N4O8S2/c1-43(27-18-24(19-28(43)36-35(27)51-36)50-38(48)39(49,31-4-2-16-52-31)32-5-3-17-53-32)15-14-41-37(47)23-8-6-22(7-9-23)20-40-21-30(45)25-10-12-29(44)34-26(25)11-13-33(46)42-34/h2-13,16-17,24,27-28,30,35-36,40,45,49H,14-15,18-21H2,1H3,(H2-,41,42,44,46,47)/p+1/t24?,27?,28?,30-,35?,36?,43?/m0/s1. The van der Waals surface area contributed by atoms with Crippen molar-refractivity contribution >= 4 is 45.5 Å². The Morgan fingerprint density at radius 1 is 1.00 bits per heavy atom. The van der Waals surface area contributed by atoms with E-state index in [1.165, 1.54) is 34.8 Å². The molecule has 5 aromatic rings. The first-order chi connectivity index (χ1) is 25.6. The Labute approximate surface area is 313 Å². The number of amides is 1. The molecule has 0 saturated carbocycles. The van der Waals surface area contributed by atoms with Crippen LogP contribution in [0.3, 0.4) is 0 Å². The number of nitrogens with zero attached hydrogens (tertiary/aromatic N) is 1. The molecule has 2 bridgehead atoms. The van der Waals surface area contributed by atoms with Crippen LogP contribution in [0, 0.1) is 0 Å². The lowest BCUT2D eigenvalue weighted by atomic mass is 9.94. The molecule has 0 spiro atoms. The highest BCUT2D eigenvalue weighted by atomic mass is 32.1. The molecule has 3 aliphatic heterocycles. The van der Waals surface area contributed by atoms with Gasteiger partial charge in [0.15, 0.2) is 0 Å². The highest BCUT2D eigenvalue weighted by Gasteiger charge is 2.72. The Bertz CT molecular complexity index is 2120. The van der Waals surface area contributed by atoms with Gasteiger partial charge in [-0.3, -0.25) is 9.59 Å². The summed E-state index contributed by atoms with van der Waals surface area (Å²) in [4.78, 5) is 42.1. The van der Waals surface area contributed by atoms with E-state index in [2.05, 4.69) is 22.7 Å². The predicted octanol–water partition coefficient (Wildman–Crippen LogP) is 3.52. The Balaban J connectivity index is 0.826. The number of aromatic nitrogens is 1. The maximum Gasteiger partial charge on any atom is 0.349 e. The maximum absolute atomic E-state index is 13.6. The van der Waals surface area contributed by atoms with Crippen molar-refractivity contribution in [3.8, 4) is 5.75 Å². The molecule has 14 heteroatoms. The number of esters is 1. The van der Waals surface area contributed by atoms with Gasteiger partial charge < -0.3 is 44.9 Å². The van der Waals surface area contributed by atoms with E-state index in [1.54, 1.807) is 36.4 Å². The summed E-state index contributed by atoms with van der Waals surface area (Å²) in [5.74, 6) is -0.871. The number of aromatic hydroxyl groups is 1. The molecule has 276 valence electrons. The van der Waals surface area contributed by atoms with Crippen LogP contribution >= 0.6 is 22.7 Å². The summed E-state index contributed by atoms with van der Waals surface area (Å²) >= 11 is 2.65. The van der Waals surface area contributed by atoms with Gasteiger partial charge in [0.05, 0.1) is 41.5 Å². The number of piperidine rings is 1. The van der Waals surface area contributed by atoms with Gasteiger partial charge in [-0.2, -0.15) is 0 Å². The van der Waals surface area contributed by atoms with Crippen molar-refractivity contribution in [2.45, 2.75) is 61.5 Å². The number of nitrogens with one attached hydrogen (secondary N) is 3. The number of epoxide rings is 1. The number of likely N-dealkylation sites (N-methyl/N-ethyl adjacent to an activating group) is 1. The SMILES string of the molecule is C[N+]1(CCNC(=O)c2ccc(CNC[C@H](O)c3ccc(O)c4[nH]c(=O)ccc34)cc2)C2CC(OC(=O)C(O)(c3cccs3)c3cccs3)CC1C1OC12. The van der Waals surface area contributed by atoms with E-state index in [9.17, 15) is 29.7 Å². The Kier molecular flexibility index (Phi) is 9.47. The van der Waals surface area contributed by atoms with Crippen molar-refractivity contribution < 1.29 is 38.9 Å². The highest BCUT2D eigenvalue weighted by Crippen LogP contribution is 2.53. The van der Waals surface area contributed by atoms with E-state index in [0.717, 1.165) is 10.0 Å². The molecule has 12 nitrogen and oxygen atoms in total. The summed E-state index contributed by atoms with van der Waals surface area (Å²) in [6.07, 6.45) is 0.240. The lowest BCUT2D eigenvalue weighted by molar-refractivity contribution is -0.955. The van der Waals surface area contributed by atoms with E-state index in [0.29, 0.717) is 58.7 Å². The molecule has 5 atom stereocenters. The van der Waals surface area contributed by atoms with Crippen LogP contribution in [0.2, 0.25) is 0 Å². The third kappa shape index (κ3) is 6.58. The minimum Gasteiger partial charge on any atom is -0.506 e. The third-order valence-electron chi connectivity index (χ3n) is 11.2. The lowest BCUT2D eigenvalue weighted by Gasteiger charge is -2.48. The molecule has 6 N–H and O–H groups in total. The second-order valence-corrected chi connectivity index (χ2v) is 16.2. The number of fused-ring (bicyclic) bond motifs is 6. The van der Waals surface area contributed by atoms with E-state index >= 15 is 0 Å². The number of ether oxygens (including phenoxy) is 2. The molecule has 3 saturated heterocycles. The van der Waals surface area contributed by atoms with E-state index in [-0.39, 0.29) is 59.7 Å². The van der Waals surface area contributed by atoms with Gasteiger partial charge in [0.25, 0.3) is 5.91 Å². The normalized spacial score (nSPS) is 25.2.